The van der Waals surface area contributed by atoms with Gasteiger partial charge in [0.1, 0.15) is 0 Å². The third kappa shape index (κ3) is 2.61. The van der Waals surface area contributed by atoms with E-state index in [0.717, 1.165) is 6.42 Å². The zero-order chi connectivity index (χ0) is 8.15. The molecule has 0 aliphatic heterocycles. The van der Waals surface area contributed by atoms with Crippen LogP contribution in [0, 0.1) is 0 Å². The third-order valence-corrected chi connectivity index (χ3v) is 2.08. The first-order valence-electron chi connectivity index (χ1n) is 3.61. The van der Waals surface area contributed by atoms with E-state index in [1.54, 1.807) is 0 Å². The lowest BCUT2D eigenvalue weighted by molar-refractivity contribution is 1.08. The second-order valence-electron chi connectivity index (χ2n) is 2.63. The molecule has 0 spiro atoms. The number of hydrogen-bond donors (Lipinski definition) is 1. The molecule has 0 unspecified atom stereocenters. The Morgan fingerprint density at radius 3 is 1.90 bits per heavy atom. The highest BCUT2D eigenvalue weighted by atomic mass is 32.1. The summed E-state index contributed by atoms with van der Waals surface area (Å²) in [6.45, 7) is 8.54. The van der Waals surface area contributed by atoms with Crippen LogP contribution in [0.4, 0.5) is 0 Å². The van der Waals surface area contributed by atoms with Crippen LogP contribution in [0.5, 0.6) is 0 Å². The molecule has 0 nitrogen and oxygen atoms in total. The van der Waals surface area contributed by atoms with E-state index in [-0.39, 0.29) is 0 Å². The lowest BCUT2D eigenvalue weighted by Crippen LogP contribution is -1.84. The molecule has 0 radical (unpaired) electrons. The second kappa shape index (κ2) is 4.62. The third-order valence-electron chi connectivity index (χ3n) is 1.77. The average molecular weight is 156 g/mol. The van der Waals surface area contributed by atoms with Gasteiger partial charge < -0.3 is 0 Å². The summed E-state index contributed by atoms with van der Waals surface area (Å²) in [6.07, 6.45) is 1.07. The highest BCUT2D eigenvalue weighted by Crippen LogP contribution is 2.17. The molecule has 0 fully saturated rings. The summed E-state index contributed by atoms with van der Waals surface area (Å²) in [7, 11) is 0. The van der Waals surface area contributed by atoms with Crippen LogP contribution in [0.1, 0.15) is 34.1 Å². The number of thiol groups is 1. The second-order valence-corrected chi connectivity index (χ2v) is 2.89. The van der Waals surface area contributed by atoms with Crippen molar-refractivity contribution in [3.63, 3.8) is 0 Å². The van der Waals surface area contributed by atoms with Crippen LogP contribution in [0.25, 0.3) is 0 Å². The van der Waals surface area contributed by atoms with Crippen LogP contribution in [0.15, 0.2) is 22.1 Å². The maximum atomic E-state index is 4.13. The van der Waals surface area contributed by atoms with Gasteiger partial charge in [0, 0.05) is 0 Å². The molecule has 10 heavy (non-hydrogen) atoms. The minimum atomic E-state index is 1.07. The fourth-order valence-corrected chi connectivity index (χ4v) is 1.15. The van der Waals surface area contributed by atoms with Gasteiger partial charge in [-0.2, -0.15) is 12.6 Å². The Morgan fingerprint density at radius 2 is 1.80 bits per heavy atom. The van der Waals surface area contributed by atoms with E-state index in [0.29, 0.717) is 0 Å². The normalized spacial score (nSPS) is 11.5. The van der Waals surface area contributed by atoms with Crippen molar-refractivity contribution >= 4 is 12.6 Å². The van der Waals surface area contributed by atoms with Gasteiger partial charge in [-0.1, -0.05) is 12.5 Å². The Hall–Kier alpha value is -0.170. The highest BCUT2D eigenvalue weighted by molar-refractivity contribution is 7.83. The SMILES string of the molecule is CC/C(=C/S)C(C)=C(C)C. The molecule has 1 heteroatoms. The summed E-state index contributed by atoms with van der Waals surface area (Å²) in [5, 5.41) is 1.89. The fourth-order valence-electron chi connectivity index (χ4n) is 0.774. The van der Waals surface area contributed by atoms with Crippen molar-refractivity contribution < 1.29 is 0 Å². The maximum Gasteiger partial charge on any atom is -0.0290 e. The number of allylic oxidation sites excluding steroid dienone is 3. The van der Waals surface area contributed by atoms with Crippen LogP contribution in [0.3, 0.4) is 0 Å². The minimum absolute atomic E-state index is 1.07. The first kappa shape index (κ1) is 9.83. The number of rotatable bonds is 2. The average Bonchev–Trinajstić information content (AvgIpc) is 1.90. The topological polar surface area (TPSA) is 0 Å². The van der Waals surface area contributed by atoms with Crippen molar-refractivity contribution in [3.8, 4) is 0 Å². The molecule has 0 saturated carbocycles. The first-order valence-corrected chi connectivity index (χ1v) is 4.12. The highest BCUT2D eigenvalue weighted by Gasteiger charge is 1.96. The zero-order valence-corrected chi connectivity index (χ0v) is 8.13. The predicted molar refractivity (Wildman–Crippen MR) is 51.4 cm³/mol. The molecule has 0 heterocycles. The Morgan fingerprint density at radius 1 is 1.30 bits per heavy atom. The summed E-state index contributed by atoms with van der Waals surface area (Å²) in [4.78, 5) is 0. The molecule has 0 bridgehead atoms. The van der Waals surface area contributed by atoms with Gasteiger partial charge in [-0.15, -0.1) is 0 Å². The summed E-state index contributed by atoms with van der Waals surface area (Å²) in [6, 6.07) is 0. The van der Waals surface area contributed by atoms with Crippen LogP contribution in [-0.2, 0) is 0 Å². The van der Waals surface area contributed by atoms with Crippen molar-refractivity contribution in [1.82, 2.24) is 0 Å². The quantitative estimate of drug-likeness (QED) is 0.458. The van der Waals surface area contributed by atoms with E-state index in [9.17, 15) is 0 Å². The van der Waals surface area contributed by atoms with Crippen molar-refractivity contribution in [2.75, 3.05) is 0 Å². The van der Waals surface area contributed by atoms with Crippen molar-refractivity contribution in [2.45, 2.75) is 34.1 Å². The van der Waals surface area contributed by atoms with E-state index in [1.165, 1.54) is 16.7 Å². The van der Waals surface area contributed by atoms with E-state index in [4.69, 9.17) is 0 Å². The van der Waals surface area contributed by atoms with Crippen molar-refractivity contribution in [3.05, 3.63) is 22.1 Å². The molecular weight excluding hydrogens is 140 g/mol. The number of hydrogen-bond acceptors (Lipinski definition) is 1. The van der Waals surface area contributed by atoms with Gasteiger partial charge >= 0.3 is 0 Å². The molecule has 0 rings (SSSR count). The first-order chi connectivity index (χ1) is 4.63. The molecule has 0 amide bonds. The van der Waals surface area contributed by atoms with Crippen molar-refractivity contribution in [1.29, 1.82) is 0 Å². The van der Waals surface area contributed by atoms with Crippen LogP contribution >= 0.6 is 12.6 Å². The predicted octanol–water partition coefficient (Wildman–Crippen LogP) is 3.57. The Balaban J connectivity index is 4.48. The monoisotopic (exact) mass is 156 g/mol. The Labute approximate surface area is 69.4 Å². The van der Waals surface area contributed by atoms with Gasteiger partial charge in [-0.25, -0.2) is 0 Å². The molecule has 0 aromatic rings. The largest absolute Gasteiger partial charge is 0.151 e. The maximum absolute atomic E-state index is 4.13. The molecule has 0 N–H and O–H groups in total. The molecular formula is C9H16S. The van der Waals surface area contributed by atoms with E-state index in [1.807, 2.05) is 5.41 Å². The smallest absolute Gasteiger partial charge is 0.0290 e. The summed E-state index contributed by atoms with van der Waals surface area (Å²) in [5.41, 5.74) is 4.09. The molecule has 0 aliphatic rings. The van der Waals surface area contributed by atoms with Crippen LogP contribution < -0.4 is 0 Å². The molecule has 0 aromatic heterocycles. The van der Waals surface area contributed by atoms with Gasteiger partial charge in [-0.3, -0.25) is 0 Å². The summed E-state index contributed by atoms with van der Waals surface area (Å²) >= 11 is 4.13. The van der Waals surface area contributed by atoms with Gasteiger partial charge in [-0.05, 0) is 43.7 Å². The summed E-state index contributed by atoms with van der Waals surface area (Å²) < 4.78 is 0. The van der Waals surface area contributed by atoms with Crippen LogP contribution in [-0.4, -0.2) is 0 Å². The van der Waals surface area contributed by atoms with Gasteiger partial charge in [0.15, 0.2) is 0 Å². The zero-order valence-electron chi connectivity index (χ0n) is 7.23. The van der Waals surface area contributed by atoms with E-state index in [2.05, 4.69) is 40.3 Å². The molecule has 58 valence electrons. The Kier molecular flexibility index (Phi) is 4.54. The van der Waals surface area contributed by atoms with Gasteiger partial charge in [0.2, 0.25) is 0 Å². The molecule has 0 aliphatic carbocycles. The lowest BCUT2D eigenvalue weighted by atomic mass is 10.0. The molecule has 0 aromatic carbocycles. The van der Waals surface area contributed by atoms with E-state index >= 15 is 0 Å². The molecule has 0 atom stereocenters. The van der Waals surface area contributed by atoms with Crippen LogP contribution in [0.2, 0.25) is 0 Å². The lowest BCUT2D eigenvalue weighted by Gasteiger charge is -2.05. The summed E-state index contributed by atoms with van der Waals surface area (Å²) in [5.74, 6) is 0. The van der Waals surface area contributed by atoms with Gasteiger partial charge in [0.25, 0.3) is 0 Å². The van der Waals surface area contributed by atoms with Crippen molar-refractivity contribution in [2.24, 2.45) is 0 Å². The molecule has 0 saturated heterocycles. The Bertz CT molecular complexity index is 160. The van der Waals surface area contributed by atoms with E-state index < -0.39 is 0 Å². The minimum Gasteiger partial charge on any atom is -0.151 e. The standard InChI is InChI=1S/C9H16S/c1-5-9(6-10)8(4)7(2)3/h6,10H,5H2,1-4H3/b9-6-. The fraction of sp³-hybridized carbons (Fsp3) is 0.556. The van der Waals surface area contributed by atoms with Gasteiger partial charge in [0.05, 0.1) is 0 Å².